The van der Waals surface area contributed by atoms with Gasteiger partial charge in [0.15, 0.2) is 0 Å². The lowest BCUT2D eigenvalue weighted by molar-refractivity contribution is -0.122. The summed E-state index contributed by atoms with van der Waals surface area (Å²) in [5.74, 6) is 0.221. The summed E-state index contributed by atoms with van der Waals surface area (Å²) in [7, 11) is 0. The van der Waals surface area contributed by atoms with E-state index in [2.05, 4.69) is 9.97 Å². The van der Waals surface area contributed by atoms with E-state index in [1.54, 1.807) is 13.1 Å². The van der Waals surface area contributed by atoms with Gasteiger partial charge in [-0.3, -0.25) is 4.79 Å². The molecular weight excluding hydrogens is 212 g/mol. The highest BCUT2D eigenvalue weighted by Crippen LogP contribution is 2.17. The zero-order valence-electron chi connectivity index (χ0n) is 8.51. The van der Waals surface area contributed by atoms with E-state index in [0.29, 0.717) is 12.2 Å². The van der Waals surface area contributed by atoms with Gasteiger partial charge in [0.1, 0.15) is 6.33 Å². The van der Waals surface area contributed by atoms with Crippen LogP contribution in [0.25, 0.3) is 0 Å². The molecule has 0 aromatic carbocycles. The molecule has 1 unspecified atom stereocenters. The van der Waals surface area contributed by atoms with E-state index in [1.807, 2.05) is 6.07 Å². The van der Waals surface area contributed by atoms with Crippen LogP contribution in [0.1, 0.15) is 13.3 Å². The molecule has 1 rings (SSSR count). The average Bonchev–Trinajstić information content (AvgIpc) is 2.19. The highest BCUT2D eigenvalue weighted by molar-refractivity contribution is 7.99. The molecule has 0 saturated heterocycles. The maximum atomic E-state index is 10.9. The lowest BCUT2D eigenvalue weighted by atomic mass is 10.0. The maximum Gasteiger partial charge on any atom is 0.237 e. The van der Waals surface area contributed by atoms with Crippen molar-refractivity contribution in [2.45, 2.75) is 23.9 Å². The summed E-state index contributed by atoms with van der Waals surface area (Å²) in [5, 5.41) is 0.866. The molecule has 0 saturated carbocycles. The molecule has 1 aromatic heterocycles. The molecule has 1 aromatic rings. The fourth-order valence-corrected chi connectivity index (χ4v) is 1.87. The molecule has 4 N–H and O–H groups in total. The molecule has 1 amide bonds. The summed E-state index contributed by atoms with van der Waals surface area (Å²) in [6.07, 6.45) is 3.68. The van der Waals surface area contributed by atoms with E-state index in [0.717, 1.165) is 5.03 Å². The largest absolute Gasteiger partial charge is 0.368 e. The normalized spacial score (nSPS) is 14.5. The van der Waals surface area contributed by atoms with Gasteiger partial charge in [0.2, 0.25) is 5.91 Å². The van der Waals surface area contributed by atoms with E-state index >= 15 is 0 Å². The molecule has 0 bridgehead atoms. The van der Waals surface area contributed by atoms with Crippen LogP contribution in [0.5, 0.6) is 0 Å². The van der Waals surface area contributed by atoms with E-state index in [-0.39, 0.29) is 0 Å². The van der Waals surface area contributed by atoms with Crippen molar-refractivity contribution in [2.75, 3.05) is 5.75 Å². The summed E-state index contributed by atoms with van der Waals surface area (Å²) in [6, 6.07) is 1.81. The van der Waals surface area contributed by atoms with Crippen LogP contribution in [-0.2, 0) is 4.79 Å². The third-order valence-corrected chi connectivity index (χ3v) is 2.93. The Kier molecular flexibility index (Phi) is 4.05. The Morgan fingerprint density at radius 1 is 1.67 bits per heavy atom. The molecule has 6 heteroatoms. The van der Waals surface area contributed by atoms with Crippen molar-refractivity contribution in [3.63, 3.8) is 0 Å². The Bertz CT molecular complexity index is 328. The van der Waals surface area contributed by atoms with Gasteiger partial charge in [0.05, 0.1) is 10.6 Å². The topological polar surface area (TPSA) is 94.9 Å². The number of carbonyl (C=O) groups excluding carboxylic acids is 1. The first-order valence-corrected chi connectivity index (χ1v) is 5.48. The average molecular weight is 226 g/mol. The summed E-state index contributed by atoms with van der Waals surface area (Å²) in [5.41, 5.74) is 9.91. The van der Waals surface area contributed by atoms with Gasteiger partial charge in [-0.2, -0.15) is 0 Å². The first kappa shape index (κ1) is 11.9. The standard InChI is InChI=1S/C9H14N4OS/c1-9(11,8(10)14)3-5-15-7-2-4-12-6-13-7/h2,4,6H,3,5,11H2,1H3,(H2,10,14). The van der Waals surface area contributed by atoms with Gasteiger partial charge in [0.25, 0.3) is 0 Å². The summed E-state index contributed by atoms with van der Waals surface area (Å²) < 4.78 is 0. The van der Waals surface area contributed by atoms with Crippen LogP contribution in [0.2, 0.25) is 0 Å². The van der Waals surface area contributed by atoms with Crippen molar-refractivity contribution >= 4 is 17.7 Å². The predicted octanol–water partition coefficient (Wildman–Crippen LogP) is 0.162. The monoisotopic (exact) mass is 226 g/mol. The number of rotatable bonds is 5. The molecule has 0 aliphatic heterocycles. The van der Waals surface area contributed by atoms with Gasteiger partial charge in [-0.1, -0.05) is 0 Å². The predicted molar refractivity (Wildman–Crippen MR) is 59.2 cm³/mol. The van der Waals surface area contributed by atoms with Crippen molar-refractivity contribution in [3.05, 3.63) is 18.6 Å². The number of thioether (sulfide) groups is 1. The Morgan fingerprint density at radius 3 is 2.93 bits per heavy atom. The van der Waals surface area contributed by atoms with Crippen molar-refractivity contribution in [3.8, 4) is 0 Å². The van der Waals surface area contributed by atoms with Gasteiger partial charge < -0.3 is 11.5 Å². The Balaban J connectivity index is 2.37. The molecule has 0 aliphatic rings. The van der Waals surface area contributed by atoms with Crippen molar-refractivity contribution in [1.29, 1.82) is 0 Å². The van der Waals surface area contributed by atoms with Crippen LogP contribution < -0.4 is 11.5 Å². The second kappa shape index (κ2) is 5.09. The number of hydrogen-bond acceptors (Lipinski definition) is 5. The number of aromatic nitrogens is 2. The van der Waals surface area contributed by atoms with Crippen LogP contribution in [0, 0.1) is 0 Å². The van der Waals surface area contributed by atoms with Gasteiger partial charge in [-0.05, 0) is 19.4 Å². The second-order valence-corrected chi connectivity index (χ2v) is 4.54. The minimum atomic E-state index is -0.944. The number of primary amides is 1. The molecule has 0 radical (unpaired) electrons. The fraction of sp³-hybridized carbons (Fsp3) is 0.444. The third kappa shape index (κ3) is 3.85. The van der Waals surface area contributed by atoms with Gasteiger partial charge >= 0.3 is 0 Å². The fourth-order valence-electron chi connectivity index (χ4n) is 0.855. The first-order chi connectivity index (χ1) is 7.02. The molecular formula is C9H14N4OS. The minimum Gasteiger partial charge on any atom is -0.368 e. The zero-order chi connectivity index (χ0) is 11.3. The first-order valence-electron chi connectivity index (χ1n) is 4.50. The Labute approximate surface area is 92.7 Å². The van der Waals surface area contributed by atoms with E-state index < -0.39 is 11.4 Å². The number of hydrogen-bond donors (Lipinski definition) is 2. The smallest absolute Gasteiger partial charge is 0.237 e. The minimum absolute atomic E-state index is 0.481. The Morgan fingerprint density at radius 2 is 2.40 bits per heavy atom. The molecule has 0 fully saturated rings. The van der Waals surface area contributed by atoms with Gasteiger partial charge in [0, 0.05) is 11.9 Å². The lowest BCUT2D eigenvalue weighted by Crippen LogP contribution is -2.49. The molecule has 0 spiro atoms. The number of amides is 1. The molecule has 1 heterocycles. The van der Waals surface area contributed by atoms with Gasteiger partial charge in [-0.25, -0.2) is 9.97 Å². The van der Waals surface area contributed by atoms with Gasteiger partial charge in [-0.15, -0.1) is 11.8 Å². The van der Waals surface area contributed by atoms with Crippen LogP contribution >= 0.6 is 11.8 Å². The number of nitrogens with two attached hydrogens (primary N) is 2. The number of nitrogens with zero attached hydrogens (tertiary/aromatic N) is 2. The molecule has 15 heavy (non-hydrogen) atoms. The highest BCUT2D eigenvalue weighted by Gasteiger charge is 2.24. The maximum absolute atomic E-state index is 10.9. The SMILES string of the molecule is CC(N)(CCSc1ccncn1)C(N)=O. The molecule has 0 aliphatic carbocycles. The summed E-state index contributed by atoms with van der Waals surface area (Å²) >= 11 is 1.53. The number of carbonyl (C=O) groups is 1. The quantitative estimate of drug-likeness (QED) is 0.551. The Hall–Kier alpha value is -1.14. The second-order valence-electron chi connectivity index (χ2n) is 3.43. The van der Waals surface area contributed by atoms with E-state index in [4.69, 9.17) is 11.5 Å². The molecule has 1 atom stereocenters. The van der Waals surface area contributed by atoms with Crippen LogP contribution in [0.15, 0.2) is 23.6 Å². The van der Waals surface area contributed by atoms with Crippen molar-refractivity contribution in [2.24, 2.45) is 11.5 Å². The zero-order valence-corrected chi connectivity index (χ0v) is 9.33. The van der Waals surface area contributed by atoms with Crippen LogP contribution in [-0.4, -0.2) is 27.2 Å². The van der Waals surface area contributed by atoms with E-state index in [1.165, 1.54) is 18.1 Å². The molecule has 5 nitrogen and oxygen atoms in total. The third-order valence-electron chi connectivity index (χ3n) is 1.99. The van der Waals surface area contributed by atoms with E-state index in [9.17, 15) is 4.79 Å². The van der Waals surface area contributed by atoms with Crippen LogP contribution in [0.4, 0.5) is 0 Å². The van der Waals surface area contributed by atoms with Crippen LogP contribution in [0.3, 0.4) is 0 Å². The van der Waals surface area contributed by atoms with Crippen molar-refractivity contribution in [1.82, 2.24) is 9.97 Å². The van der Waals surface area contributed by atoms with Crippen molar-refractivity contribution < 1.29 is 4.79 Å². The lowest BCUT2D eigenvalue weighted by Gasteiger charge is -2.19. The summed E-state index contributed by atoms with van der Waals surface area (Å²) in [6.45, 7) is 1.63. The highest BCUT2D eigenvalue weighted by atomic mass is 32.2. The molecule has 82 valence electrons. The summed E-state index contributed by atoms with van der Waals surface area (Å²) in [4.78, 5) is 18.8.